The molecule has 0 spiro atoms. The van der Waals surface area contributed by atoms with Crippen LogP contribution in [0.5, 0.6) is 5.75 Å². The van der Waals surface area contributed by atoms with Crippen molar-refractivity contribution in [3.05, 3.63) is 69.8 Å². The third-order valence-corrected chi connectivity index (χ3v) is 3.45. The lowest BCUT2D eigenvalue weighted by Crippen LogP contribution is -2.12. The molecule has 2 rings (SSSR count). The summed E-state index contributed by atoms with van der Waals surface area (Å²) >= 11 is 0. The first-order valence-electron chi connectivity index (χ1n) is 7.34. The van der Waals surface area contributed by atoms with Crippen molar-refractivity contribution in [2.75, 3.05) is 6.61 Å². The van der Waals surface area contributed by atoms with E-state index >= 15 is 0 Å². The van der Waals surface area contributed by atoms with Crippen molar-refractivity contribution in [3.8, 4) is 5.75 Å². The highest BCUT2D eigenvalue weighted by atomic mass is 16.6. The lowest BCUT2D eigenvalue weighted by atomic mass is 9.99. The molecule has 0 amide bonds. The number of nitrogens with two attached hydrogens (primary N) is 1. The molecule has 0 radical (unpaired) electrons. The van der Waals surface area contributed by atoms with E-state index < -0.39 is 11.0 Å². The molecule has 2 aromatic rings. The van der Waals surface area contributed by atoms with Crippen LogP contribution in [0, 0.1) is 10.1 Å². The van der Waals surface area contributed by atoms with Gasteiger partial charge in [0, 0.05) is 12.1 Å². The van der Waals surface area contributed by atoms with Gasteiger partial charge in [-0.05, 0) is 29.7 Å². The van der Waals surface area contributed by atoms with Gasteiger partial charge >= 0.3 is 0 Å². The van der Waals surface area contributed by atoms with E-state index in [1.807, 2.05) is 24.3 Å². The largest absolute Gasteiger partial charge is 0.494 e. The predicted octanol–water partition coefficient (Wildman–Crippen LogP) is 3.82. The van der Waals surface area contributed by atoms with Crippen LogP contribution < -0.4 is 10.5 Å². The molecule has 2 aromatic carbocycles. The van der Waals surface area contributed by atoms with Crippen LogP contribution in [0.4, 0.5) is 5.69 Å². The fraction of sp³-hybridized carbons (Fsp3) is 0.294. The Hall–Kier alpha value is -2.40. The van der Waals surface area contributed by atoms with Gasteiger partial charge < -0.3 is 10.5 Å². The molecule has 22 heavy (non-hydrogen) atoms. The Balaban J connectivity index is 2.10. The van der Waals surface area contributed by atoms with Crippen molar-refractivity contribution in [2.24, 2.45) is 5.73 Å². The lowest BCUT2D eigenvalue weighted by Gasteiger charge is -2.13. The number of rotatable bonds is 7. The highest BCUT2D eigenvalue weighted by Crippen LogP contribution is 2.24. The standard InChI is InChI=1S/C17H20N2O3/c1-2-3-11-22-16-9-7-13(8-10-16)17(18)14-5-4-6-15(12-14)19(20)21/h4-10,12,17H,2-3,11,18H2,1H3. The van der Waals surface area contributed by atoms with Gasteiger partial charge in [-0.1, -0.05) is 37.6 Å². The second-order valence-corrected chi connectivity index (χ2v) is 5.10. The number of unbranched alkanes of at least 4 members (excludes halogenated alkanes) is 1. The van der Waals surface area contributed by atoms with Gasteiger partial charge in [0.2, 0.25) is 0 Å². The molecule has 116 valence electrons. The smallest absolute Gasteiger partial charge is 0.269 e. The molecular weight excluding hydrogens is 280 g/mol. The normalized spacial score (nSPS) is 11.9. The molecule has 0 heterocycles. The molecule has 0 aliphatic heterocycles. The minimum atomic E-state index is -0.416. The highest BCUT2D eigenvalue weighted by molar-refractivity contribution is 5.40. The summed E-state index contributed by atoms with van der Waals surface area (Å²) in [5, 5.41) is 10.8. The van der Waals surface area contributed by atoms with Crippen LogP contribution in [0.15, 0.2) is 48.5 Å². The zero-order valence-electron chi connectivity index (χ0n) is 12.6. The van der Waals surface area contributed by atoms with Crippen LogP contribution >= 0.6 is 0 Å². The van der Waals surface area contributed by atoms with Gasteiger partial charge in [0.1, 0.15) is 5.75 Å². The van der Waals surface area contributed by atoms with Crippen molar-refractivity contribution in [2.45, 2.75) is 25.8 Å². The summed E-state index contributed by atoms with van der Waals surface area (Å²) in [7, 11) is 0. The Morgan fingerprint density at radius 3 is 2.55 bits per heavy atom. The van der Waals surface area contributed by atoms with Gasteiger partial charge in [-0.15, -0.1) is 0 Å². The molecule has 5 heteroatoms. The molecule has 1 atom stereocenters. The summed E-state index contributed by atoms with van der Waals surface area (Å²) in [5.41, 5.74) is 7.85. The summed E-state index contributed by atoms with van der Waals surface area (Å²) in [4.78, 5) is 10.4. The van der Waals surface area contributed by atoms with Crippen LogP contribution in [-0.2, 0) is 0 Å². The van der Waals surface area contributed by atoms with E-state index in [9.17, 15) is 10.1 Å². The summed E-state index contributed by atoms with van der Waals surface area (Å²) in [6.45, 7) is 2.82. The quantitative estimate of drug-likeness (QED) is 0.479. The SMILES string of the molecule is CCCCOc1ccc(C(N)c2cccc([N+](=O)[O-])c2)cc1. The molecule has 0 saturated heterocycles. The van der Waals surface area contributed by atoms with Gasteiger partial charge in [0.15, 0.2) is 0 Å². The number of nitro benzene ring substituents is 1. The second-order valence-electron chi connectivity index (χ2n) is 5.10. The molecule has 5 nitrogen and oxygen atoms in total. The van der Waals surface area contributed by atoms with Gasteiger partial charge in [-0.3, -0.25) is 10.1 Å². The average Bonchev–Trinajstić information content (AvgIpc) is 2.55. The van der Waals surface area contributed by atoms with E-state index in [1.54, 1.807) is 12.1 Å². The molecule has 0 aliphatic rings. The number of benzene rings is 2. The van der Waals surface area contributed by atoms with Crippen LogP contribution in [-0.4, -0.2) is 11.5 Å². The number of ether oxygens (including phenoxy) is 1. The van der Waals surface area contributed by atoms with Crippen LogP contribution in [0.25, 0.3) is 0 Å². The van der Waals surface area contributed by atoms with Crippen LogP contribution in [0.2, 0.25) is 0 Å². The molecule has 0 aliphatic carbocycles. The average molecular weight is 300 g/mol. The fourth-order valence-corrected chi connectivity index (χ4v) is 2.13. The van der Waals surface area contributed by atoms with Gasteiger partial charge in [0.25, 0.3) is 5.69 Å². The molecule has 0 bridgehead atoms. The maximum absolute atomic E-state index is 10.8. The summed E-state index contributed by atoms with van der Waals surface area (Å²) < 4.78 is 5.61. The Kier molecular flexibility index (Phi) is 5.49. The second kappa shape index (κ2) is 7.56. The molecule has 0 saturated carbocycles. The van der Waals surface area contributed by atoms with E-state index in [0.717, 1.165) is 24.2 Å². The Labute approximate surface area is 129 Å². The third-order valence-electron chi connectivity index (χ3n) is 3.45. The molecule has 0 fully saturated rings. The van der Waals surface area contributed by atoms with E-state index in [-0.39, 0.29) is 5.69 Å². The van der Waals surface area contributed by atoms with E-state index in [4.69, 9.17) is 10.5 Å². The Bertz CT molecular complexity index is 626. The van der Waals surface area contributed by atoms with Crippen molar-refractivity contribution in [1.29, 1.82) is 0 Å². The topological polar surface area (TPSA) is 78.4 Å². The van der Waals surface area contributed by atoms with Crippen LogP contribution in [0.1, 0.15) is 36.9 Å². The third kappa shape index (κ3) is 4.05. The van der Waals surface area contributed by atoms with E-state index in [0.29, 0.717) is 12.2 Å². The Morgan fingerprint density at radius 1 is 1.18 bits per heavy atom. The zero-order chi connectivity index (χ0) is 15.9. The minimum absolute atomic E-state index is 0.0486. The van der Waals surface area contributed by atoms with Crippen molar-refractivity contribution in [3.63, 3.8) is 0 Å². The van der Waals surface area contributed by atoms with Crippen molar-refractivity contribution < 1.29 is 9.66 Å². The zero-order valence-corrected chi connectivity index (χ0v) is 12.6. The van der Waals surface area contributed by atoms with Gasteiger partial charge in [-0.25, -0.2) is 0 Å². The monoisotopic (exact) mass is 300 g/mol. The predicted molar refractivity (Wildman–Crippen MR) is 86.0 cm³/mol. The van der Waals surface area contributed by atoms with E-state index in [2.05, 4.69) is 6.92 Å². The van der Waals surface area contributed by atoms with Gasteiger partial charge in [-0.2, -0.15) is 0 Å². The number of non-ortho nitro benzene ring substituents is 1. The number of nitro groups is 1. The molecule has 2 N–H and O–H groups in total. The number of hydrogen-bond donors (Lipinski definition) is 1. The number of hydrogen-bond acceptors (Lipinski definition) is 4. The van der Waals surface area contributed by atoms with Gasteiger partial charge in [0.05, 0.1) is 17.6 Å². The highest BCUT2D eigenvalue weighted by Gasteiger charge is 2.13. The maximum Gasteiger partial charge on any atom is 0.269 e. The van der Waals surface area contributed by atoms with Crippen molar-refractivity contribution in [1.82, 2.24) is 0 Å². The first kappa shape index (κ1) is 16.0. The lowest BCUT2D eigenvalue weighted by molar-refractivity contribution is -0.384. The first-order valence-corrected chi connectivity index (χ1v) is 7.34. The first-order chi connectivity index (χ1) is 10.6. The Morgan fingerprint density at radius 2 is 1.91 bits per heavy atom. The van der Waals surface area contributed by atoms with Crippen molar-refractivity contribution >= 4 is 5.69 Å². The fourth-order valence-electron chi connectivity index (χ4n) is 2.13. The van der Waals surface area contributed by atoms with E-state index in [1.165, 1.54) is 12.1 Å². The summed E-state index contributed by atoms with van der Waals surface area (Å²) in [6, 6.07) is 13.6. The molecule has 0 aromatic heterocycles. The minimum Gasteiger partial charge on any atom is -0.494 e. The number of nitrogens with zero attached hydrogens (tertiary/aromatic N) is 1. The van der Waals surface area contributed by atoms with Crippen LogP contribution in [0.3, 0.4) is 0 Å². The summed E-state index contributed by atoms with van der Waals surface area (Å²) in [6.07, 6.45) is 2.12. The molecular formula is C17H20N2O3. The maximum atomic E-state index is 10.8. The molecule has 1 unspecified atom stereocenters. The summed E-state index contributed by atoms with van der Waals surface area (Å²) in [5.74, 6) is 0.809.